The fraction of sp³-hybridized carbons (Fsp3) is 0.130. The van der Waals surface area contributed by atoms with Crippen LogP contribution in [0.4, 0.5) is 0 Å². The quantitative estimate of drug-likeness (QED) is 0.388. The zero-order valence-electron chi connectivity index (χ0n) is 15.7. The Morgan fingerprint density at radius 1 is 1.04 bits per heavy atom. The van der Waals surface area contributed by atoms with Crippen LogP contribution < -0.4 is 9.47 Å². The van der Waals surface area contributed by atoms with Crippen molar-refractivity contribution in [3.05, 3.63) is 90.2 Å². The number of carbonyl (C=O) groups is 1. The zero-order chi connectivity index (χ0) is 19.9. The Morgan fingerprint density at radius 3 is 2.46 bits per heavy atom. The molecule has 142 valence electrons. The first-order valence-corrected chi connectivity index (χ1v) is 8.82. The molecule has 5 heteroatoms. The van der Waals surface area contributed by atoms with E-state index in [1.165, 1.54) is 0 Å². The maximum absolute atomic E-state index is 12.3. The predicted octanol–water partition coefficient (Wildman–Crippen LogP) is 4.47. The van der Waals surface area contributed by atoms with Gasteiger partial charge in [0.2, 0.25) is 5.90 Å². The summed E-state index contributed by atoms with van der Waals surface area (Å²) in [5, 5.41) is 0. The Bertz CT molecular complexity index is 972. The average Bonchev–Trinajstić information content (AvgIpc) is 3.06. The highest BCUT2D eigenvalue weighted by molar-refractivity contribution is 6.13. The van der Waals surface area contributed by atoms with Crippen LogP contribution in [0.1, 0.15) is 16.7 Å². The number of hydrogen-bond donors (Lipinski definition) is 0. The summed E-state index contributed by atoms with van der Waals surface area (Å²) in [6.45, 7) is 9.94. The van der Waals surface area contributed by atoms with Crippen LogP contribution in [0.5, 0.6) is 11.5 Å². The van der Waals surface area contributed by atoms with E-state index < -0.39 is 5.97 Å². The van der Waals surface area contributed by atoms with Crippen LogP contribution in [0.3, 0.4) is 0 Å². The second-order valence-corrected chi connectivity index (χ2v) is 6.06. The maximum atomic E-state index is 12.3. The van der Waals surface area contributed by atoms with Crippen molar-refractivity contribution in [2.45, 2.75) is 6.92 Å². The molecule has 0 saturated heterocycles. The molecule has 0 saturated carbocycles. The number of hydrogen-bond acceptors (Lipinski definition) is 5. The minimum absolute atomic E-state index is 0.229. The van der Waals surface area contributed by atoms with Crippen molar-refractivity contribution in [1.29, 1.82) is 0 Å². The second-order valence-electron chi connectivity index (χ2n) is 6.06. The molecule has 0 fully saturated rings. The molecule has 0 N–H and O–H groups in total. The Labute approximate surface area is 164 Å². The number of nitrogens with zero attached hydrogens (tertiary/aromatic N) is 1. The van der Waals surface area contributed by atoms with Gasteiger partial charge in [-0.25, -0.2) is 9.79 Å². The lowest BCUT2D eigenvalue weighted by molar-refractivity contribution is -0.129. The Hall–Kier alpha value is -3.60. The first-order valence-electron chi connectivity index (χ1n) is 8.82. The number of ether oxygens (including phenoxy) is 3. The van der Waals surface area contributed by atoms with Crippen molar-refractivity contribution in [3.8, 4) is 11.5 Å². The van der Waals surface area contributed by atoms with Gasteiger partial charge < -0.3 is 14.2 Å². The van der Waals surface area contributed by atoms with E-state index in [1.54, 1.807) is 30.4 Å². The van der Waals surface area contributed by atoms with E-state index in [9.17, 15) is 4.79 Å². The highest BCUT2D eigenvalue weighted by Crippen LogP contribution is 2.30. The van der Waals surface area contributed by atoms with Gasteiger partial charge >= 0.3 is 5.97 Å². The minimum Gasteiger partial charge on any atom is -0.486 e. The van der Waals surface area contributed by atoms with Gasteiger partial charge in [0.05, 0.1) is 0 Å². The Balaban J connectivity index is 1.91. The monoisotopic (exact) mass is 375 g/mol. The molecule has 0 unspecified atom stereocenters. The van der Waals surface area contributed by atoms with Crippen molar-refractivity contribution < 1.29 is 19.0 Å². The summed E-state index contributed by atoms with van der Waals surface area (Å²) >= 11 is 0. The molecule has 0 atom stereocenters. The molecule has 1 heterocycles. The topological polar surface area (TPSA) is 57.1 Å². The van der Waals surface area contributed by atoms with Gasteiger partial charge in [-0.05, 0) is 42.3 Å². The normalized spacial score (nSPS) is 14.4. The summed E-state index contributed by atoms with van der Waals surface area (Å²) in [6.07, 6.45) is 4.96. The van der Waals surface area contributed by atoms with Crippen LogP contribution in [0.15, 0.2) is 78.5 Å². The third-order valence-electron chi connectivity index (χ3n) is 3.98. The largest absolute Gasteiger partial charge is 0.486 e. The summed E-state index contributed by atoms with van der Waals surface area (Å²) in [6, 6.07) is 13.0. The van der Waals surface area contributed by atoms with E-state index >= 15 is 0 Å². The van der Waals surface area contributed by atoms with Gasteiger partial charge in [0.25, 0.3) is 0 Å². The molecule has 0 radical (unpaired) electrons. The number of carbonyl (C=O) groups excluding carboxylic acids is 1. The van der Waals surface area contributed by atoms with Crippen LogP contribution in [-0.4, -0.2) is 25.1 Å². The van der Waals surface area contributed by atoms with Gasteiger partial charge in [0.1, 0.15) is 13.2 Å². The van der Waals surface area contributed by atoms with Gasteiger partial charge in [0, 0.05) is 5.56 Å². The molecule has 5 nitrogen and oxygen atoms in total. The molecule has 3 rings (SSSR count). The fourth-order valence-corrected chi connectivity index (χ4v) is 2.64. The predicted molar refractivity (Wildman–Crippen MR) is 110 cm³/mol. The van der Waals surface area contributed by atoms with Crippen molar-refractivity contribution in [3.63, 3.8) is 0 Å². The lowest BCUT2D eigenvalue weighted by Crippen LogP contribution is -2.06. The first kappa shape index (κ1) is 19.2. The molecule has 0 bridgehead atoms. The molecule has 28 heavy (non-hydrogen) atoms. The molecular formula is C23H21NO4. The van der Waals surface area contributed by atoms with E-state index in [0.29, 0.717) is 30.6 Å². The Kier molecular flexibility index (Phi) is 6.07. The van der Waals surface area contributed by atoms with Crippen molar-refractivity contribution >= 4 is 17.9 Å². The van der Waals surface area contributed by atoms with Crippen molar-refractivity contribution in [2.24, 2.45) is 4.99 Å². The van der Waals surface area contributed by atoms with Gasteiger partial charge in [-0.3, -0.25) is 0 Å². The second kappa shape index (κ2) is 8.86. The SMILES string of the molecule is C=CCOc1ccc(C=C2N=C(c3ccccc3C)OC2=O)cc1OCC=C. The van der Waals surface area contributed by atoms with E-state index in [4.69, 9.17) is 14.2 Å². The van der Waals surface area contributed by atoms with Gasteiger partial charge in [0.15, 0.2) is 17.2 Å². The molecule has 1 aliphatic heterocycles. The van der Waals surface area contributed by atoms with Crippen LogP contribution in [0.2, 0.25) is 0 Å². The minimum atomic E-state index is -0.487. The summed E-state index contributed by atoms with van der Waals surface area (Å²) in [4.78, 5) is 16.6. The lowest BCUT2D eigenvalue weighted by atomic mass is 10.1. The summed E-state index contributed by atoms with van der Waals surface area (Å²) in [7, 11) is 0. The number of benzene rings is 2. The zero-order valence-corrected chi connectivity index (χ0v) is 15.7. The third-order valence-corrected chi connectivity index (χ3v) is 3.98. The van der Waals surface area contributed by atoms with E-state index in [-0.39, 0.29) is 5.70 Å². The molecular weight excluding hydrogens is 354 g/mol. The van der Waals surface area contributed by atoms with Gasteiger partial charge in [-0.2, -0.15) is 0 Å². The molecule has 1 aliphatic rings. The molecule has 2 aromatic carbocycles. The number of rotatable bonds is 8. The highest BCUT2D eigenvalue weighted by Gasteiger charge is 2.25. The average molecular weight is 375 g/mol. The third kappa shape index (κ3) is 4.38. The summed E-state index contributed by atoms with van der Waals surface area (Å²) < 4.78 is 16.6. The maximum Gasteiger partial charge on any atom is 0.363 e. The Morgan fingerprint density at radius 2 is 1.75 bits per heavy atom. The number of aryl methyl sites for hydroxylation is 1. The van der Waals surface area contributed by atoms with Crippen molar-refractivity contribution in [2.75, 3.05) is 13.2 Å². The van der Waals surface area contributed by atoms with Gasteiger partial charge in [-0.1, -0.05) is 49.6 Å². The van der Waals surface area contributed by atoms with Crippen LogP contribution in [-0.2, 0) is 9.53 Å². The standard InChI is InChI=1S/C23H21NO4/c1-4-12-26-20-11-10-17(15-21(20)27-13-5-2)14-19-23(25)28-22(24-19)18-9-7-6-8-16(18)3/h4-11,14-15H,1-2,12-13H2,3H3. The van der Waals surface area contributed by atoms with Crippen LogP contribution in [0, 0.1) is 6.92 Å². The summed E-state index contributed by atoms with van der Waals surface area (Å²) in [5.41, 5.74) is 2.75. The number of aliphatic imine (C=N–C) groups is 1. The molecule has 2 aromatic rings. The van der Waals surface area contributed by atoms with Gasteiger partial charge in [-0.15, -0.1) is 0 Å². The fourth-order valence-electron chi connectivity index (χ4n) is 2.64. The number of esters is 1. The molecule has 0 spiro atoms. The van der Waals surface area contributed by atoms with Crippen LogP contribution >= 0.6 is 0 Å². The molecule has 0 amide bonds. The van der Waals surface area contributed by atoms with E-state index in [1.807, 2.05) is 37.3 Å². The highest BCUT2D eigenvalue weighted by atomic mass is 16.6. The molecule has 0 aliphatic carbocycles. The van der Waals surface area contributed by atoms with Crippen molar-refractivity contribution in [1.82, 2.24) is 0 Å². The lowest BCUT2D eigenvalue weighted by Gasteiger charge is -2.11. The summed E-state index contributed by atoms with van der Waals surface area (Å²) in [5.74, 6) is 0.954. The van der Waals surface area contributed by atoms with E-state index in [2.05, 4.69) is 18.2 Å². The van der Waals surface area contributed by atoms with Crippen LogP contribution in [0.25, 0.3) is 6.08 Å². The first-order chi connectivity index (χ1) is 13.6. The molecule has 0 aromatic heterocycles. The number of cyclic esters (lactones) is 1. The van der Waals surface area contributed by atoms with E-state index in [0.717, 1.165) is 16.7 Å². The smallest absolute Gasteiger partial charge is 0.363 e.